The van der Waals surface area contributed by atoms with Gasteiger partial charge in [-0.2, -0.15) is 0 Å². The Hall–Kier alpha value is -2.70. The normalized spacial score (nSPS) is 10.2. The summed E-state index contributed by atoms with van der Waals surface area (Å²) in [7, 11) is 0. The van der Waals surface area contributed by atoms with Crippen LogP contribution in [-0.4, -0.2) is 11.8 Å². The van der Waals surface area contributed by atoms with Gasteiger partial charge in [-0.1, -0.05) is 0 Å². The molecule has 0 aliphatic carbocycles. The van der Waals surface area contributed by atoms with Gasteiger partial charge in [0.1, 0.15) is 17.4 Å². The zero-order valence-corrected chi connectivity index (χ0v) is 10.4. The molecule has 0 fully saturated rings. The van der Waals surface area contributed by atoms with Gasteiger partial charge in [0.25, 0.3) is 11.8 Å². The zero-order valence-electron chi connectivity index (χ0n) is 10.4. The lowest BCUT2D eigenvalue weighted by Gasteiger charge is -2.07. The fourth-order valence-electron chi connectivity index (χ4n) is 1.56. The van der Waals surface area contributed by atoms with Crippen molar-refractivity contribution in [2.45, 2.75) is 6.92 Å². The average molecular weight is 280 g/mol. The monoisotopic (exact) mass is 280 g/mol. The van der Waals surface area contributed by atoms with Crippen molar-refractivity contribution in [1.29, 1.82) is 0 Å². The maximum Gasteiger partial charge on any atom is 0.273 e. The molecule has 1 aromatic heterocycles. The summed E-state index contributed by atoms with van der Waals surface area (Å²) >= 11 is 0. The van der Waals surface area contributed by atoms with E-state index in [0.29, 0.717) is 11.8 Å². The Labute approximate surface area is 112 Å². The van der Waals surface area contributed by atoms with Crippen LogP contribution < -0.4 is 10.9 Å². The number of nitrogens with one attached hydrogen (secondary N) is 2. The Morgan fingerprint density at radius 1 is 1.05 bits per heavy atom. The average Bonchev–Trinajstić information content (AvgIpc) is 2.80. The number of amides is 2. The number of carbonyl (C=O) groups excluding carboxylic acids is 2. The molecule has 20 heavy (non-hydrogen) atoms. The van der Waals surface area contributed by atoms with Crippen LogP contribution in [0.25, 0.3) is 0 Å². The lowest BCUT2D eigenvalue weighted by atomic mass is 10.2. The minimum Gasteiger partial charge on any atom is -0.469 e. The van der Waals surface area contributed by atoms with Crippen molar-refractivity contribution in [3.05, 3.63) is 59.1 Å². The van der Waals surface area contributed by atoms with Crippen molar-refractivity contribution in [3.63, 3.8) is 0 Å². The molecule has 0 radical (unpaired) electrons. The van der Waals surface area contributed by atoms with E-state index in [0.717, 1.165) is 12.1 Å². The molecule has 2 aromatic rings. The van der Waals surface area contributed by atoms with E-state index in [2.05, 4.69) is 10.9 Å². The molecule has 0 bridgehead atoms. The van der Waals surface area contributed by atoms with Crippen LogP contribution in [0.5, 0.6) is 0 Å². The van der Waals surface area contributed by atoms with E-state index in [1.807, 2.05) is 0 Å². The first kappa shape index (κ1) is 13.7. The Balaban J connectivity index is 2.02. The van der Waals surface area contributed by atoms with Gasteiger partial charge in [-0.05, 0) is 25.1 Å². The maximum absolute atomic E-state index is 12.9. The van der Waals surface area contributed by atoms with E-state index < -0.39 is 23.4 Å². The summed E-state index contributed by atoms with van der Waals surface area (Å²) in [6, 6.07) is 3.78. The molecular weight excluding hydrogens is 270 g/mol. The first-order valence-electron chi connectivity index (χ1n) is 5.58. The lowest BCUT2D eigenvalue weighted by Crippen LogP contribution is -2.41. The highest BCUT2D eigenvalue weighted by atomic mass is 19.1. The van der Waals surface area contributed by atoms with E-state index in [9.17, 15) is 18.4 Å². The van der Waals surface area contributed by atoms with Gasteiger partial charge in [-0.15, -0.1) is 0 Å². The van der Waals surface area contributed by atoms with Crippen LogP contribution in [-0.2, 0) is 0 Å². The number of rotatable bonds is 2. The van der Waals surface area contributed by atoms with Crippen molar-refractivity contribution in [2.75, 3.05) is 0 Å². The summed E-state index contributed by atoms with van der Waals surface area (Å²) < 4.78 is 30.8. The molecule has 0 unspecified atom stereocenters. The quantitative estimate of drug-likeness (QED) is 0.826. The molecule has 7 heteroatoms. The van der Waals surface area contributed by atoms with Gasteiger partial charge >= 0.3 is 0 Å². The van der Waals surface area contributed by atoms with E-state index in [-0.39, 0.29) is 11.1 Å². The van der Waals surface area contributed by atoms with Crippen LogP contribution in [0.4, 0.5) is 8.78 Å². The summed E-state index contributed by atoms with van der Waals surface area (Å²) in [6.07, 6.45) is 1.33. The maximum atomic E-state index is 12.9. The second-order valence-corrected chi connectivity index (χ2v) is 3.96. The zero-order chi connectivity index (χ0) is 14.7. The van der Waals surface area contributed by atoms with Gasteiger partial charge in [-0.25, -0.2) is 8.78 Å². The van der Waals surface area contributed by atoms with Gasteiger partial charge in [0.05, 0.1) is 11.8 Å². The minimum atomic E-state index is -0.882. The number of furan rings is 1. The third-order valence-corrected chi connectivity index (χ3v) is 2.52. The fraction of sp³-hybridized carbons (Fsp3) is 0.0769. The second kappa shape index (κ2) is 5.52. The number of hydrogen-bond acceptors (Lipinski definition) is 3. The van der Waals surface area contributed by atoms with E-state index in [1.165, 1.54) is 12.3 Å². The predicted molar refractivity (Wildman–Crippen MR) is 64.7 cm³/mol. The Morgan fingerprint density at radius 2 is 1.65 bits per heavy atom. The van der Waals surface area contributed by atoms with Crippen LogP contribution in [0.15, 0.2) is 34.9 Å². The molecule has 2 N–H and O–H groups in total. The Morgan fingerprint density at radius 3 is 2.20 bits per heavy atom. The molecule has 1 aromatic carbocycles. The van der Waals surface area contributed by atoms with E-state index >= 15 is 0 Å². The molecule has 2 amide bonds. The SMILES string of the molecule is Cc1occc1C(=O)NNC(=O)c1cc(F)cc(F)c1. The van der Waals surface area contributed by atoms with Crippen molar-refractivity contribution in [2.24, 2.45) is 0 Å². The van der Waals surface area contributed by atoms with Crippen molar-refractivity contribution in [1.82, 2.24) is 10.9 Å². The molecule has 0 saturated carbocycles. The summed E-state index contributed by atoms with van der Waals surface area (Å²) in [6.45, 7) is 1.58. The number of halogens is 2. The standard InChI is InChI=1S/C13H10F2N2O3/c1-7-11(2-3-20-7)13(19)17-16-12(18)8-4-9(14)6-10(15)5-8/h2-6H,1H3,(H,16,18)(H,17,19). The summed E-state index contributed by atoms with van der Waals surface area (Å²) in [5.74, 6) is -2.81. The molecule has 5 nitrogen and oxygen atoms in total. The fourth-order valence-corrected chi connectivity index (χ4v) is 1.56. The van der Waals surface area contributed by atoms with Gasteiger partial charge in [0.15, 0.2) is 0 Å². The minimum absolute atomic E-state index is 0.244. The molecule has 2 rings (SSSR count). The van der Waals surface area contributed by atoms with Crippen LogP contribution in [0, 0.1) is 18.6 Å². The van der Waals surface area contributed by atoms with E-state index in [4.69, 9.17) is 4.42 Å². The number of hydrogen-bond donors (Lipinski definition) is 2. The van der Waals surface area contributed by atoms with Gasteiger partial charge < -0.3 is 4.42 Å². The summed E-state index contributed by atoms with van der Waals surface area (Å²) in [5, 5.41) is 0. The smallest absolute Gasteiger partial charge is 0.273 e. The van der Waals surface area contributed by atoms with Gasteiger partial charge in [0.2, 0.25) is 0 Å². The van der Waals surface area contributed by atoms with Gasteiger partial charge in [0, 0.05) is 11.6 Å². The van der Waals surface area contributed by atoms with Crippen LogP contribution in [0.1, 0.15) is 26.5 Å². The van der Waals surface area contributed by atoms with E-state index in [1.54, 1.807) is 6.92 Å². The van der Waals surface area contributed by atoms with Crippen LogP contribution >= 0.6 is 0 Å². The van der Waals surface area contributed by atoms with Crippen molar-refractivity contribution < 1.29 is 22.8 Å². The third-order valence-electron chi connectivity index (χ3n) is 2.52. The molecular formula is C13H10F2N2O3. The molecule has 104 valence electrons. The Kier molecular flexibility index (Phi) is 3.79. The van der Waals surface area contributed by atoms with Crippen LogP contribution in [0.2, 0.25) is 0 Å². The molecule has 0 aliphatic rings. The predicted octanol–water partition coefficient (Wildman–Crippen LogP) is 1.94. The largest absolute Gasteiger partial charge is 0.469 e. The Bertz CT molecular complexity index is 647. The first-order valence-corrected chi connectivity index (χ1v) is 5.58. The highest BCUT2D eigenvalue weighted by Crippen LogP contribution is 2.09. The topological polar surface area (TPSA) is 71.3 Å². The molecule has 0 saturated heterocycles. The lowest BCUT2D eigenvalue weighted by molar-refractivity contribution is 0.0845. The molecule has 0 spiro atoms. The third kappa shape index (κ3) is 3.00. The van der Waals surface area contributed by atoms with Crippen molar-refractivity contribution in [3.8, 4) is 0 Å². The van der Waals surface area contributed by atoms with Gasteiger partial charge in [-0.3, -0.25) is 20.4 Å². The number of aryl methyl sites for hydroxylation is 1. The highest BCUT2D eigenvalue weighted by Gasteiger charge is 2.14. The second-order valence-electron chi connectivity index (χ2n) is 3.96. The molecule has 0 atom stereocenters. The first-order chi connectivity index (χ1) is 9.47. The summed E-state index contributed by atoms with van der Waals surface area (Å²) in [5.41, 5.74) is 4.18. The molecule has 0 aliphatic heterocycles. The highest BCUT2D eigenvalue weighted by molar-refractivity contribution is 5.99. The molecule has 1 heterocycles. The summed E-state index contributed by atoms with van der Waals surface area (Å²) in [4.78, 5) is 23.3. The van der Waals surface area contributed by atoms with Crippen LogP contribution in [0.3, 0.4) is 0 Å². The number of carbonyl (C=O) groups is 2. The van der Waals surface area contributed by atoms with Crippen molar-refractivity contribution >= 4 is 11.8 Å². The number of benzene rings is 1. The number of hydrazine groups is 1.